The van der Waals surface area contributed by atoms with Crippen molar-refractivity contribution in [1.29, 1.82) is 0 Å². The molecular weight excluding hydrogens is 283 g/mol. The van der Waals surface area contributed by atoms with E-state index in [-0.39, 0.29) is 14.0 Å². The van der Waals surface area contributed by atoms with E-state index in [0.717, 1.165) is 0 Å². The lowest BCUT2D eigenvalue weighted by atomic mass is 10.1. The van der Waals surface area contributed by atoms with Crippen LogP contribution in [0.15, 0.2) is 12.3 Å². The van der Waals surface area contributed by atoms with Crippen molar-refractivity contribution in [2.75, 3.05) is 0 Å². The molecule has 0 nitrogen and oxygen atoms in total. The molecule has 0 aromatic carbocycles. The van der Waals surface area contributed by atoms with Crippen molar-refractivity contribution in [3.05, 3.63) is 12.3 Å². The average molecular weight is 311 g/mol. The standard InChI is InChI=1S/C13H28Cl2Si2/c1-4-17(2,3)12-10-8-6-5-7-9-11-16-13(14)15/h4,13H,1,5-12,16H2,2-3H3. The summed E-state index contributed by atoms with van der Waals surface area (Å²) in [5.74, 6) is 0. The zero-order valence-electron chi connectivity index (χ0n) is 11.5. The molecule has 17 heavy (non-hydrogen) atoms. The van der Waals surface area contributed by atoms with E-state index in [1.807, 2.05) is 0 Å². The summed E-state index contributed by atoms with van der Waals surface area (Å²) < 4.78 is -0.0268. The molecule has 0 unspecified atom stereocenters. The summed E-state index contributed by atoms with van der Waals surface area (Å²) in [6.07, 6.45) is 8.29. The van der Waals surface area contributed by atoms with E-state index < -0.39 is 8.07 Å². The lowest BCUT2D eigenvalue weighted by molar-refractivity contribution is 0.622. The van der Waals surface area contributed by atoms with Crippen LogP contribution in [0.5, 0.6) is 0 Å². The second kappa shape index (κ2) is 10.7. The number of unbranched alkanes of at least 4 members (excludes halogenated alkanes) is 5. The first kappa shape index (κ1) is 17.8. The minimum absolute atomic E-state index is 0.0268. The molecule has 0 amide bonds. The lowest BCUT2D eigenvalue weighted by Gasteiger charge is -2.16. The van der Waals surface area contributed by atoms with Crippen molar-refractivity contribution in [3.63, 3.8) is 0 Å². The van der Waals surface area contributed by atoms with Crippen molar-refractivity contribution in [3.8, 4) is 0 Å². The van der Waals surface area contributed by atoms with Gasteiger partial charge >= 0.3 is 0 Å². The number of hydrogen-bond acceptors (Lipinski definition) is 0. The van der Waals surface area contributed by atoms with E-state index in [0.29, 0.717) is 0 Å². The van der Waals surface area contributed by atoms with E-state index in [1.165, 1.54) is 50.6 Å². The van der Waals surface area contributed by atoms with E-state index in [4.69, 9.17) is 23.2 Å². The molecule has 4 heteroatoms. The molecule has 0 aromatic heterocycles. The second-order valence-corrected chi connectivity index (χ2v) is 14.9. The Morgan fingerprint density at radius 3 is 2.12 bits per heavy atom. The van der Waals surface area contributed by atoms with Crippen molar-refractivity contribution >= 4 is 40.8 Å². The zero-order valence-corrected chi connectivity index (χ0v) is 15.4. The summed E-state index contributed by atoms with van der Waals surface area (Å²) in [4.78, 5) is 0. The van der Waals surface area contributed by atoms with Crippen molar-refractivity contribution in [1.82, 2.24) is 0 Å². The maximum absolute atomic E-state index is 5.74. The SMILES string of the molecule is C=C[Si](C)(C)CCCCCCCC[SiH2]C(Cl)Cl. The first-order valence-electron chi connectivity index (χ1n) is 6.90. The molecular formula is C13H28Cl2Si2. The van der Waals surface area contributed by atoms with E-state index in [1.54, 1.807) is 0 Å². The number of halogens is 2. The van der Waals surface area contributed by atoms with Gasteiger partial charge in [-0.25, -0.2) is 0 Å². The highest BCUT2D eigenvalue weighted by atomic mass is 35.5. The molecule has 0 aromatic rings. The zero-order chi connectivity index (χ0) is 13.1. The van der Waals surface area contributed by atoms with Gasteiger partial charge in [0.15, 0.2) is 0 Å². The third-order valence-corrected chi connectivity index (χ3v) is 8.70. The third kappa shape index (κ3) is 13.0. The van der Waals surface area contributed by atoms with Crippen LogP contribution in [-0.4, -0.2) is 22.1 Å². The Morgan fingerprint density at radius 1 is 1.06 bits per heavy atom. The largest absolute Gasteiger partial charge is 0.110 e. The predicted octanol–water partition coefficient (Wildman–Crippen LogP) is 5.11. The van der Waals surface area contributed by atoms with Crippen LogP contribution >= 0.6 is 23.2 Å². The van der Waals surface area contributed by atoms with Gasteiger partial charge in [-0.3, -0.25) is 0 Å². The van der Waals surface area contributed by atoms with Gasteiger partial charge in [0.2, 0.25) is 0 Å². The molecule has 0 saturated carbocycles. The van der Waals surface area contributed by atoms with Crippen LogP contribution < -0.4 is 0 Å². The van der Waals surface area contributed by atoms with Gasteiger partial charge in [-0.15, -0.1) is 35.5 Å². The number of alkyl halides is 2. The van der Waals surface area contributed by atoms with Crippen LogP contribution in [-0.2, 0) is 0 Å². The van der Waals surface area contributed by atoms with Gasteiger partial charge in [0.25, 0.3) is 0 Å². The first-order chi connectivity index (χ1) is 7.98. The molecule has 0 atom stereocenters. The Balaban J connectivity index is 3.16. The Labute approximate surface area is 121 Å². The van der Waals surface area contributed by atoms with Crippen LogP contribution in [0.4, 0.5) is 0 Å². The van der Waals surface area contributed by atoms with Crippen LogP contribution in [0.25, 0.3) is 0 Å². The van der Waals surface area contributed by atoms with Gasteiger partial charge in [0.1, 0.15) is 0 Å². The van der Waals surface area contributed by atoms with Crippen molar-refractivity contribution in [2.45, 2.75) is 68.2 Å². The van der Waals surface area contributed by atoms with Gasteiger partial charge < -0.3 is 0 Å². The molecule has 0 radical (unpaired) electrons. The monoisotopic (exact) mass is 310 g/mol. The number of hydrogen-bond donors (Lipinski definition) is 0. The summed E-state index contributed by atoms with van der Waals surface area (Å²) in [7, 11) is -1.23. The average Bonchev–Trinajstić information content (AvgIpc) is 2.26. The summed E-state index contributed by atoms with van der Waals surface area (Å²) >= 11 is 11.5. The fourth-order valence-electron chi connectivity index (χ4n) is 1.87. The van der Waals surface area contributed by atoms with E-state index >= 15 is 0 Å². The van der Waals surface area contributed by atoms with Gasteiger partial charge in [-0.2, -0.15) is 0 Å². The van der Waals surface area contributed by atoms with Crippen LogP contribution in [0.2, 0.25) is 25.2 Å². The Morgan fingerprint density at radius 2 is 1.59 bits per heavy atom. The molecule has 0 spiro atoms. The third-order valence-electron chi connectivity index (χ3n) is 3.30. The summed E-state index contributed by atoms with van der Waals surface area (Å²) in [5, 5.41) is 0. The lowest BCUT2D eigenvalue weighted by Crippen LogP contribution is -2.21. The Kier molecular flexibility index (Phi) is 11.1. The minimum atomic E-state index is -1.03. The number of rotatable bonds is 11. The molecule has 0 aliphatic rings. The smallest absolute Gasteiger partial charge is 0.0908 e. The molecule has 0 rings (SSSR count). The van der Waals surface area contributed by atoms with Crippen LogP contribution in [0, 0.1) is 0 Å². The van der Waals surface area contributed by atoms with E-state index in [2.05, 4.69) is 25.4 Å². The minimum Gasteiger partial charge on any atom is -0.110 e. The highest BCUT2D eigenvalue weighted by molar-refractivity contribution is 6.82. The molecule has 102 valence electrons. The summed E-state index contributed by atoms with van der Waals surface area (Å²) in [6.45, 7) is 8.74. The molecule has 0 N–H and O–H groups in total. The highest BCUT2D eigenvalue weighted by Crippen LogP contribution is 2.17. The molecule has 0 saturated heterocycles. The molecule has 0 bridgehead atoms. The highest BCUT2D eigenvalue weighted by Gasteiger charge is 2.14. The van der Waals surface area contributed by atoms with E-state index in [9.17, 15) is 0 Å². The summed E-state index contributed by atoms with van der Waals surface area (Å²) in [6, 6.07) is 2.72. The Bertz CT molecular complexity index is 194. The van der Waals surface area contributed by atoms with Gasteiger partial charge in [-0.1, -0.05) is 63.7 Å². The maximum Gasteiger partial charge on any atom is 0.0908 e. The van der Waals surface area contributed by atoms with Crippen molar-refractivity contribution < 1.29 is 0 Å². The first-order valence-corrected chi connectivity index (χ1v) is 12.9. The second-order valence-electron chi connectivity index (χ2n) is 5.60. The predicted molar refractivity (Wildman–Crippen MR) is 89.0 cm³/mol. The molecule has 0 heterocycles. The van der Waals surface area contributed by atoms with Gasteiger partial charge in [0.05, 0.1) is 22.1 Å². The van der Waals surface area contributed by atoms with Gasteiger partial charge in [0, 0.05) is 0 Å². The Hall–Kier alpha value is 0.754. The normalized spacial score (nSPS) is 12.8. The fraction of sp³-hybridized carbons (Fsp3) is 0.846. The fourth-order valence-corrected chi connectivity index (χ4v) is 5.11. The van der Waals surface area contributed by atoms with Crippen LogP contribution in [0.3, 0.4) is 0 Å². The molecule has 0 aliphatic heterocycles. The topological polar surface area (TPSA) is 0 Å². The van der Waals surface area contributed by atoms with Crippen molar-refractivity contribution in [2.24, 2.45) is 0 Å². The van der Waals surface area contributed by atoms with Crippen LogP contribution in [0.1, 0.15) is 38.5 Å². The summed E-state index contributed by atoms with van der Waals surface area (Å²) in [5.41, 5.74) is 2.21. The molecule has 0 aliphatic carbocycles. The quantitative estimate of drug-likeness (QED) is 0.283. The molecule has 0 fully saturated rings. The maximum atomic E-state index is 5.74. The van der Waals surface area contributed by atoms with Gasteiger partial charge in [-0.05, 0) is 0 Å².